The highest BCUT2D eigenvalue weighted by Crippen LogP contribution is 2.33. The quantitative estimate of drug-likeness (QED) is 0.313. The highest BCUT2D eigenvalue weighted by Gasteiger charge is 2.11. The van der Waals surface area contributed by atoms with Crippen molar-refractivity contribution >= 4 is 27.7 Å². The Balaban J connectivity index is 1.63. The number of rotatable bonds is 6. The average Bonchev–Trinajstić information content (AvgIpc) is 2.90. The summed E-state index contributed by atoms with van der Waals surface area (Å²) >= 11 is 0. The van der Waals surface area contributed by atoms with Crippen LogP contribution in [-0.4, -0.2) is 19.2 Å². The lowest BCUT2D eigenvalue weighted by molar-refractivity contribution is 0.355. The fourth-order valence-electron chi connectivity index (χ4n) is 3.91. The van der Waals surface area contributed by atoms with Crippen LogP contribution in [0.5, 0.6) is 11.5 Å². The average molecular weight is 452 g/mol. The highest BCUT2D eigenvalue weighted by molar-refractivity contribution is 5.81. The zero-order chi connectivity index (χ0) is 23.5. The molecule has 3 aromatic carbocycles. The fraction of sp³-hybridized carbons (Fsp3) is 0.143. The van der Waals surface area contributed by atoms with Gasteiger partial charge < -0.3 is 13.9 Å². The van der Waals surface area contributed by atoms with E-state index in [2.05, 4.69) is 29.5 Å². The van der Waals surface area contributed by atoms with E-state index in [9.17, 15) is 0 Å². The highest BCUT2D eigenvalue weighted by atomic mass is 16.5. The Kier molecular flexibility index (Phi) is 5.87. The molecule has 34 heavy (non-hydrogen) atoms. The Bertz CT molecular complexity index is 1560. The van der Waals surface area contributed by atoms with Gasteiger partial charge in [0, 0.05) is 22.4 Å². The van der Waals surface area contributed by atoms with Crippen LogP contribution in [0.2, 0.25) is 0 Å². The molecular weight excluding hydrogens is 426 g/mol. The van der Waals surface area contributed by atoms with E-state index < -0.39 is 0 Å². The van der Waals surface area contributed by atoms with E-state index in [1.165, 1.54) is 5.56 Å². The first kappa shape index (κ1) is 21.5. The molecule has 2 aromatic heterocycles. The molecule has 0 aliphatic carbocycles. The smallest absolute Gasteiger partial charge is 0.161 e. The second kappa shape index (κ2) is 9.27. The van der Waals surface area contributed by atoms with Gasteiger partial charge in [-0.25, -0.2) is 4.98 Å². The Morgan fingerprint density at radius 1 is 0.882 bits per heavy atom. The van der Waals surface area contributed by atoms with E-state index in [4.69, 9.17) is 19.0 Å². The van der Waals surface area contributed by atoms with E-state index in [1.54, 1.807) is 14.2 Å². The number of fused-ring (bicyclic) bond motifs is 2. The SMILES string of the molecule is CCc1ccc2oc(-c3ccc(OC)c(OC)c3)c/c(=N\Nc3ccc4ccccc4n3)c2c1. The van der Waals surface area contributed by atoms with Crippen LogP contribution in [0.25, 0.3) is 33.2 Å². The summed E-state index contributed by atoms with van der Waals surface area (Å²) in [5.74, 6) is 2.64. The maximum atomic E-state index is 6.27. The molecule has 0 aliphatic heterocycles. The van der Waals surface area contributed by atoms with Gasteiger partial charge in [0.25, 0.3) is 0 Å². The van der Waals surface area contributed by atoms with Crippen LogP contribution in [-0.2, 0) is 6.42 Å². The second-order valence-corrected chi connectivity index (χ2v) is 7.86. The third-order valence-electron chi connectivity index (χ3n) is 5.77. The minimum absolute atomic E-state index is 0.633. The summed E-state index contributed by atoms with van der Waals surface area (Å²) in [6.07, 6.45) is 0.923. The molecule has 170 valence electrons. The van der Waals surface area contributed by atoms with Crippen LogP contribution in [0.4, 0.5) is 5.82 Å². The molecule has 0 saturated heterocycles. The van der Waals surface area contributed by atoms with Gasteiger partial charge in [0.1, 0.15) is 17.2 Å². The first-order valence-electron chi connectivity index (χ1n) is 11.1. The molecule has 0 spiro atoms. The number of benzene rings is 3. The summed E-state index contributed by atoms with van der Waals surface area (Å²) < 4.78 is 17.1. The number of aromatic nitrogens is 1. The largest absolute Gasteiger partial charge is 0.493 e. The van der Waals surface area contributed by atoms with Gasteiger partial charge in [-0.2, -0.15) is 5.10 Å². The van der Waals surface area contributed by atoms with Crippen LogP contribution < -0.4 is 20.3 Å². The number of ether oxygens (including phenoxy) is 2. The van der Waals surface area contributed by atoms with E-state index in [-0.39, 0.29) is 0 Å². The lowest BCUT2D eigenvalue weighted by atomic mass is 10.1. The van der Waals surface area contributed by atoms with Crippen LogP contribution in [0.15, 0.2) is 88.4 Å². The number of anilines is 1. The third-order valence-corrected chi connectivity index (χ3v) is 5.77. The van der Waals surface area contributed by atoms with Gasteiger partial charge in [0.15, 0.2) is 11.5 Å². The molecule has 5 rings (SSSR count). The number of aryl methyl sites for hydroxylation is 1. The number of hydrogen-bond acceptors (Lipinski definition) is 6. The first-order chi connectivity index (χ1) is 16.7. The number of para-hydroxylation sites is 1. The molecule has 0 unspecified atom stereocenters. The molecule has 0 saturated carbocycles. The molecule has 5 aromatic rings. The summed E-state index contributed by atoms with van der Waals surface area (Å²) in [6, 6.07) is 25.8. The van der Waals surface area contributed by atoms with Gasteiger partial charge in [-0.15, -0.1) is 0 Å². The number of hydrogen-bond donors (Lipinski definition) is 1. The molecule has 1 N–H and O–H groups in total. The zero-order valence-electron chi connectivity index (χ0n) is 19.3. The van der Waals surface area contributed by atoms with Crippen molar-refractivity contribution in [1.29, 1.82) is 0 Å². The van der Waals surface area contributed by atoms with Crippen molar-refractivity contribution in [2.45, 2.75) is 13.3 Å². The maximum absolute atomic E-state index is 6.27. The summed E-state index contributed by atoms with van der Waals surface area (Å²) in [6.45, 7) is 2.13. The molecule has 0 aliphatic rings. The fourth-order valence-corrected chi connectivity index (χ4v) is 3.91. The monoisotopic (exact) mass is 451 g/mol. The summed E-state index contributed by atoms with van der Waals surface area (Å²) in [4.78, 5) is 4.67. The Labute approximate surface area is 197 Å². The van der Waals surface area contributed by atoms with Crippen LogP contribution in [0, 0.1) is 0 Å². The van der Waals surface area contributed by atoms with Crippen molar-refractivity contribution in [1.82, 2.24) is 4.98 Å². The molecule has 2 heterocycles. The molecule has 6 heteroatoms. The van der Waals surface area contributed by atoms with Crippen molar-refractivity contribution in [3.05, 3.63) is 89.8 Å². The molecular formula is C28H25N3O3. The minimum Gasteiger partial charge on any atom is -0.493 e. The third kappa shape index (κ3) is 4.18. The van der Waals surface area contributed by atoms with Crippen molar-refractivity contribution in [3.8, 4) is 22.8 Å². The lowest BCUT2D eigenvalue weighted by Crippen LogP contribution is -2.08. The van der Waals surface area contributed by atoms with Gasteiger partial charge in [0.05, 0.1) is 25.1 Å². The van der Waals surface area contributed by atoms with E-state index in [0.717, 1.165) is 39.2 Å². The van der Waals surface area contributed by atoms with Gasteiger partial charge in [-0.1, -0.05) is 31.2 Å². The van der Waals surface area contributed by atoms with E-state index >= 15 is 0 Å². The zero-order valence-corrected chi connectivity index (χ0v) is 19.3. The number of pyridine rings is 1. The number of nitrogens with one attached hydrogen (secondary N) is 1. The van der Waals surface area contributed by atoms with Gasteiger partial charge in [0.2, 0.25) is 0 Å². The first-order valence-corrected chi connectivity index (χ1v) is 11.1. The Hall–Kier alpha value is -4.32. The van der Waals surface area contributed by atoms with Gasteiger partial charge in [-0.3, -0.25) is 5.43 Å². The second-order valence-electron chi connectivity index (χ2n) is 7.86. The van der Waals surface area contributed by atoms with Crippen LogP contribution in [0.1, 0.15) is 12.5 Å². The standard InChI is InChI=1S/C28H25N3O3/c1-4-18-9-12-24-21(15-18)23(30-31-28-14-11-19-7-5-6-8-22(19)29-28)17-26(34-24)20-10-13-25(32-2)27(16-20)33-3/h5-17H,4H2,1-3H3,(H,29,31)/b30-23+. The molecule has 6 nitrogen and oxygen atoms in total. The Morgan fingerprint density at radius 3 is 2.56 bits per heavy atom. The van der Waals surface area contributed by atoms with Crippen LogP contribution in [0.3, 0.4) is 0 Å². The minimum atomic E-state index is 0.633. The molecule has 0 atom stereocenters. The van der Waals surface area contributed by atoms with Crippen molar-refractivity contribution in [2.24, 2.45) is 5.10 Å². The van der Waals surface area contributed by atoms with E-state index in [1.807, 2.05) is 66.7 Å². The molecule has 0 radical (unpaired) electrons. The number of methoxy groups -OCH3 is 2. The molecule has 0 fully saturated rings. The topological polar surface area (TPSA) is 68.9 Å². The maximum Gasteiger partial charge on any atom is 0.161 e. The van der Waals surface area contributed by atoms with Gasteiger partial charge >= 0.3 is 0 Å². The molecule has 0 bridgehead atoms. The van der Waals surface area contributed by atoms with Gasteiger partial charge in [-0.05, 0) is 60.5 Å². The summed E-state index contributed by atoms with van der Waals surface area (Å²) in [7, 11) is 3.24. The van der Waals surface area contributed by atoms with Crippen molar-refractivity contribution < 1.29 is 13.9 Å². The summed E-state index contributed by atoms with van der Waals surface area (Å²) in [5.41, 5.74) is 6.86. The van der Waals surface area contributed by atoms with Crippen molar-refractivity contribution in [3.63, 3.8) is 0 Å². The molecule has 0 amide bonds. The van der Waals surface area contributed by atoms with Crippen molar-refractivity contribution in [2.75, 3.05) is 19.6 Å². The Morgan fingerprint density at radius 2 is 1.74 bits per heavy atom. The predicted octanol–water partition coefficient (Wildman–Crippen LogP) is 6.16. The predicted molar refractivity (Wildman–Crippen MR) is 135 cm³/mol. The lowest BCUT2D eigenvalue weighted by Gasteiger charge is -2.10. The van der Waals surface area contributed by atoms with E-state index in [0.29, 0.717) is 23.1 Å². The summed E-state index contributed by atoms with van der Waals surface area (Å²) in [5, 5.41) is 7.49. The van der Waals surface area contributed by atoms with Crippen LogP contribution >= 0.6 is 0 Å². The normalized spacial score (nSPS) is 11.7. The number of nitrogens with zero attached hydrogens (tertiary/aromatic N) is 2.